The highest BCUT2D eigenvalue weighted by atomic mass is 16.5. The maximum absolute atomic E-state index is 12.9. The fourth-order valence-electron chi connectivity index (χ4n) is 5.90. The number of aromatic hydroxyl groups is 1. The number of likely N-dealkylation sites (tertiary alicyclic amines) is 1. The second-order valence-corrected chi connectivity index (χ2v) is 10.9. The summed E-state index contributed by atoms with van der Waals surface area (Å²) in [6.07, 6.45) is 4.38. The molecule has 2 saturated heterocycles. The van der Waals surface area contributed by atoms with Crippen molar-refractivity contribution in [3.63, 3.8) is 0 Å². The van der Waals surface area contributed by atoms with Gasteiger partial charge in [0.25, 0.3) is 0 Å². The molecule has 7 heteroatoms. The third-order valence-corrected chi connectivity index (χ3v) is 7.80. The van der Waals surface area contributed by atoms with Gasteiger partial charge in [-0.15, -0.1) is 0 Å². The number of hydrogen-bond donors (Lipinski definition) is 2. The second kappa shape index (κ2) is 9.16. The number of benzene rings is 1. The van der Waals surface area contributed by atoms with Crippen LogP contribution in [0.5, 0.6) is 11.5 Å². The van der Waals surface area contributed by atoms with E-state index in [1.807, 2.05) is 17.9 Å². The Kier molecular flexibility index (Phi) is 6.63. The topological polar surface area (TPSA) is 96.3 Å². The van der Waals surface area contributed by atoms with Crippen molar-refractivity contribution in [2.75, 3.05) is 19.7 Å². The number of phenolic OH excluding ortho intramolecular Hbond substituents is 1. The zero-order chi connectivity index (χ0) is 23.8. The Morgan fingerprint density at radius 1 is 1.27 bits per heavy atom. The summed E-state index contributed by atoms with van der Waals surface area (Å²) in [5, 5.41) is 19.3. The van der Waals surface area contributed by atoms with Gasteiger partial charge in [-0.25, -0.2) is 0 Å². The number of carboxylic acid groups (broad SMARTS) is 1. The normalized spacial score (nSPS) is 31.1. The van der Waals surface area contributed by atoms with Crippen molar-refractivity contribution in [3.8, 4) is 11.5 Å². The standard InChI is InChI=1S/C26H37NO6/c1-17(2)5-8-22(29)27-12-4-10-26(15-27)14-20-24(32-16-26)19-7-6-18(28)13-21(19)33-25(20,3)11-9-23(30)31/h6-7,13,17,20,24,28H,4-5,8-12,14-16H2,1-3H3,(H,30,31)/t20-,24+,25-,26-/m0/s1. The van der Waals surface area contributed by atoms with E-state index in [2.05, 4.69) is 13.8 Å². The highest BCUT2D eigenvalue weighted by molar-refractivity contribution is 5.76. The highest BCUT2D eigenvalue weighted by Crippen LogP contribution is 2.56. The summed E-state index contributed by atoms with van der Waals surface area (Å²) in [6, 6.07) is 5.08. The Morgan fingerprint density at radius 3 is 2.79 bits per heavy atom. The molecule has 2 fully saturated rings. The number of piperidine rings is 1. The van der Waals surface area contributed by atoms with Crippen molar-refractivity contribution in [3.05, 3.63) is 23.8 Å². The lowest BCUT2D eigenvalue weighted by Crippen LogP contribution is -2.57. The Bertz CT molecular complexity index is 901. The van der Waals surface area contributed by atoms with Crippen LogP contribution in [0.15, 0.2) is 18.2 Å². The first-order valence-corrected chi connectivity index (χ1v) is 12.2. The molecule has 0 aromatic heterocycles. The molecular weight excluding hydrogens is 422 g/mol. The number of hydrogen-bond acceptors (Lipinski definition) is 5. The lowest BCUT2D eigenvalue weighted by atomic mass is 9.64. The first kappa shape index (κ1) is 23.9. The van der Waals surface area contributed by atoms with Gasteiger partial charge in [-0.05, 0) is 57.1 Å². The molecule has 1 aromatic carbocycles. The van der Waals surface area contributed by atoms with Crippen molar-refractivity contribution in [2.45, 2.75) is 77.4 Å². The van der Waals surface area contributed by atoms with Crippen LogP contribution in [0, 0.1) is 17.3 Å². The fourth-order valence-corrected chi connectivity index (χ4v) is 5.90. The molecule has 4 atom stereocenters. The molecule has 1 aromatic rings. The van der Waals surface area contributed by atoms with Gasteiger partial charge in [-0.1, -0.05) is 13.8 Å². The molecule has 182 valence electrons. The predicted molar refractivity (Wildman–Crippen MR) is 123 cm³/mol. The Balaban J connectivity index is 1.58. The minimum atomic E-state index is -0.857. The van der Waals surface area contributed by atoms with Gasteiger partial charge in [-0.3, -0.25) is 9.59 Å². The molecule has 3 aliphatic heterocycles. The zero-order valence-corrected chi connectivity index (χ0v) is 20.0. The molecule has 0 unspecified atom stereocenters. The third kappa shape index (κ3) is 4.98. The summed E-state index contributed by atoms with van der Waals surface area (Å²) in [5.74, 6) is 0.508. The molecule has 0 radical (unpaired) electrons. The largest absolute Gasteiger partial charge is 0.508 e. The van der Waals surface area contributed by atoms with Gasteiger partial charge < -0.3 is 24.6 Å². The van der Waals surface area contributed by atoms with E-state index in [4.69, 9.17) is 9.47 Å². The summed E-state index contributed by atoms with van der Waals surface area (Å²) >= 11 is 0. The molecule has 1 amide bonds. The second-order valence-electron chi connectivity index (χ2n) is 10.9. The zero-order valence-electron chi connectivity index (χ0n) is 20.0. The maximum Gasteiger partial charge on any atom is 0.303 e. The molecule has 33 heavy (non-hydrogen) atoms. The minimum Gasteiger partial charge on any atom is -0.508 e. The van der Waals surface area contributed by atoms with Crippen LogP contribution < -0.4 is 4.74 Å². The number of phenols is 1. The number of carboxylic acids is 1. The molecule has 0 aliphatic carbocycles. The van der Waals surface area contributed by atoms with E-state index in [9.17, 15) is 19.8 Å². The smallest absolute Gasteiger partial charge is 0.303 e. The van der Waals surface area contributed by atoms with Gasteiger partial charge >= 0.3 is 5.97 Å². The van der Waals surface area contributed by atoms with Crippen LogP contribution >= 0.6 is 0 Å². The van der Waals surface area contributed by atoms with E-state index >= 15 is 0 Å². The molecule has 3 aliphatic rings. The molecule has 7 nitrogen and oxygen atoms in total. The van der Waals surface area contributed by atoms with Crippen LogP contribution in [0.1, 0.15) is 77.4 Å². The van der Waals surface area contributed by atoms with Crippen LogP contribution in [-0.2, 0) is 14.3 Å². The minimum absolute atomic E-state index is 0.000677. The Morgan fingerprint density at radius 2 is 2.06 bits per heavy atom. The van der Waals surface area contributed by atoms with Crippen LogP contribution in [0.25, 0.3) is 0 Å². The average molecular weight is 460 g/mol. The van der Waals surface area contributed by atoms with E-state index in [1.165, 1.54) is 0 Å². The SMILES string of the molecule is CC(C)CCC(=O)N1CCC[C@@]2(CO[C@@H]3c4ccc(O)cc4O[C@@](C)(CCC(=O)O)[C@H]3C2)C1. The highest BCUT2D eigenvalue weighted by Gasteiger charge is 2.55. The molecule has 0 bridgehead atoms. The summed E-state index contributed by atoms with van der Waals surface area (Å²) in [5.41, 5.74) is 0.0252. The van der Waals surface area contributed by atoms with Gasteiger partial charge in [0.05, 0.1) is 12.7 Å². The predicted octanol–water partition coefficient (Wildman–Crippen LogP) is 4.53. The molecule has 0 saturated carbocycles. The summed E-state index contributed by atoms with van der Waals surface area (Å²) in [6.45, 7) is 8.29. The number of amides is 1. The number of carbonyl (C=O) groups excluding carboxylic acids is 1. The Labute approximate surface area is 196 Å². The number of aliphatic carboxylic acids is 1. The number of nitrogens with zero attached hydrogens (tertiary/aromatic N) is 1. The number of carbonyl (C=O) groups is 2. The van der Waals surface area contributed by atoms with E-state index < -0.39 is 11.6 Å². The summed E-state index contributed by atoms with van der Waals surface area (Å²) in [4.78, 5) is 26.3. The van der Waals surface area contributed by atoms with E-state index in [1.54, 1.807) is 12.1 Å². The molecule has 4 rings (SSSR count). The van der Waals surface area contributed by atoms with Crippen LogP contribution in [0.4, 0.5) is 0 Å². The first-order chi connectivity index (χ1) is 15.6. The number of fused-ring (bicyclic) bond motifs is 3. The van der Waals surface area contributed by atoms with Crippen molar-refractivity contribution in [1.29, 1.82) is 0 Å². The number of rotatable bonds is 6. The summed E-state index contributed by atoms with van der Waals surface area (Å²) < 4.78 is 12.9. The molecular formula is C26H37NO6. The fraction of sp³-hybridized carbons (Fsp3) is 0.692. The summed E-state index contributed by atoms with van der Waals surface area (Å²) in [7, 11) is 0. The van der Waals surface area contributed by atoms with E-state index in [0.29, 0.717) is 37.7 Å². The first-order valence-electron chi connectivity index (χ1n) is 12.2. The van der Waals surface area contributed by atoms with Gasteiger partial charge in [0.1, 0.15) is 17.1 Å². The van der Waals surface area contributed by atoms with Crippen LogP contribution in [0.3, 0.4) is 0 Å². The van der Waals surface area contributed by atoms with Crippen LogP contribution in [0.2, 0.25) is 0 Å². The monoisotopic (exact) mass is 459 g/mol. The van der Waals surface area contributed by atoms with Gasteiger partial charge in [0.2, 0.25) is 5.91 Å². The van der Waals surface area contributed by atoms with Crippen LogP contribution in [-0.4, -0.2) is 52.3 Å². The van der Waals surface area contributed by atoms with E-state index in [0.717, 1.165) is 37.8 Å². The average Bonchev–Trinajstić information content (AvgIpc) is 2.76. The van der Waals surface area contributed by atoms with Crippen molar-refractivity contribution in [2.24, 2.45) is 17.3 Å². The molecule has 2 N–H and O–H groups in total. The lowest BCUT2D eigenvalue weighted by Gasteiger charge is -2.55. The van der Waals surface area contributed by atoms with Crippen molar-refractivity contribution >= 4 is 11.9 Å². The maximum atomic E-state index is 12.9. The Hall–Kier alpha value is -2.28. The van der Waals surface area contributed by atoms with Gasteiger partial charge in [0.15, 0.2) is 0 Å². The van der Waals surface area contributed by atoms with E-state index in [-0.39, 0.29) is 35.5 Å². The van der Waals surface area contributed by atoms with Crippen molar-refractivity contribution in [1.82, 2.24) is 4.90 Å². The van der Waals surface area contributed by atoms with Gasteiger partial charge in [-0.2, -0.15) is 0 Å². The van der Waals surface area contributed by atoms with Crippen molar-refractivity contribution < 1.29 is 29.3 Å². The quantitative estimate of drug-likeness (QED) is 0.649. The molecule has 3 heterocycles. The third-order valence-electron chi connectivity index (χ3n) is 7.80. The molecule has 1 spiro atoms. The van der Waals surface area contributed by atoms with Gasteiger partial charge in [0, 0.05) is 48.9 Å². The lowest BCUT2D eigenvalue weighted by molar-refractivity contribution is -0.185. The number of ether oxygens (including phenoxy) is 2.